The van der Waals surface area contributed by atoms with Gasteiger partial charge in [0.1, 0.15) is 17.0 Å². The molecule has 1 atom stereocenters. The van der Waals surface area contributed by atoms with Gasteiger partial charge in [-0.2, -0.15) is 5.10 Å². The highest BCUT2D eigenvalue weighted by atomic mass is 32.2. The maximum absolute atomic E-state index is 13.3. The largest absolute Gasteiger partial charge is 0.310 e. The molecule has 8 nitrogen and oxygen atoms in total. The number of aromatic nitrogens is 5. The lowest BCUT2D eigenvalue weighted by Gasteiger charge is -2.14. The van der Waals surface area contributed by atoms with Gasteiger partial charge in [0.25, 0.3) is 5.56 Å². The number of aryl methyl sites for hydroxylation is 1. The lowest BCUT2D eigenvalue weighted by Crippen LogP contribution is -2.28. The lowest BCUT2D eigenvalue weighted by atomic mass is 10.2. The van der Waals surface area contributed by atoms with Gasteiger partial charge in [-0.25, -0.2) is 19.0 Å². The fourth-order valence-corrected chi connectivity index (χ4v) is 4.70. The molecule has 4 aromatic rings. The van der Waals surface area contributed by atoms with E-state index in [4.69, 9.17) is 0 Å². The molecule has 1 amide bonds. The molecular formula is C21H17FN6O2S. The Bertz CT molecular complexity index is 1360. The molecule has 0 bridgehead atoms. The Kier molecular flexibility index (Phi) is 4.78. The number of nitrogens with one attached hydrogen (secondary N) is 1. The summed E-state index contributed by atoms with van der Waals surface area (Å²) in [5.41, 5.74) is 1.64. The SMILES string of the molecule is Cc1cccnc1NC(=O)C[C@H]1CSc2nc3c(cnn3-c3ccc(F)cc3)c(=O)n21. The number of hydrogen-bond donors (Lipinski definition) is 1. The van der Waals surface area contributed by atoms with E-state index in [1.807, 2.05) is 13.0 Å². The van der Waals surface area contributed by atoms with Gasteiger partial charge in [-0.15, -0.1) is 0 Å². The third-order valence-corrected chi connectivity index (χ3v) is 6.23. The highest BCUT2D eigenvalue weighted by Gasteiger charge is 2.29. The van der Waals surface area contributed by atoms with Crippen molar-refractivity contribution in [2.45, 2.75) is 24.5 Å². The first kappa shape index (κ1) is 19.4. The summed E-state index contributed by atoms with van der Waals surface area (Å²) >= 11 is 1.42. The van der Waals surface area contributed by atoms with E-state index in [0.717, 1.165) is 5.56 Å². The van der Waals surface area contributed by atoms with Gasteiger partial charge in [0.15, 0.2) is 10.8 Å². The summed E-state index contributed by atoms with van der Waals surface area (Å²) in [5, 5.41) is 7.97. The second-order valence-electron chi connectivity index (χ2n) is 7.23. The number of thioether (sulfide) groups is 1. The zero-order valence-electron chi connectivity index (χ0n) is 16.4. The number of rotatable bonds is 4. The van der Waals surface area contributed by atoms with Crippen molar-refractivity contribution in [1.29, 1.82) is 0 Å². The van der Waals surface area contributed by atoms with Gasteiger partial charge in [-0.05, 0) is 42.8 Å². The maximum Gasteiger partial charge on any atom is 0.265 e. The number of anilines is 1. The number of pyridine rings is 1. The molecule has 1 aliphatic heterocycles. The number of fused-ring (bicyclic) bond motifs is 2. The summed E-state index contributed by atoms with van der Waals surface area (Å²) in [4.78, 5) is 34.6. The number of carbonyl (C=O) groups is 1. The number of benzene rings is 1. The summed E-state index contributed by atoms with van der Waals surface area (Å²) in [6.45, 7) is 1.87. The molecule has 1 N–H and O–H groups in total. The molecule has 0 aliphatic carbocycles. The predicted octanol–water partition coefficient (Wildman–Crippen LogP) is 3.10. The monoisotopic (exact) mass is 436 g/mol. The average Bonchev–Trinajstić information content (AvgIpc) is 3.35. The minimum absolute atomic E-state index is 0.134. The third kappa shape index (κ3) is 3.48. The van der Waals surface area contributed by atoms with Crippen LogP contribution in [0.15, 0.2) is 58.7 Å². The van der Waals surface area contributed by atoms with Crippen molar-refractivity contribution in [1.82, 2.24) is 24.3 Å². The lowest BCUT2D eigenvalue weighted by molar-refractivity contribution is -0.116. The smallest absolute Gasteiger partial charge is 0.265 e. The van der Waals surface area contributed by atoms with Crippen LogP contribution in [0.1, 0.15) is 18.0 Å². The third-order valence-electron chi connectivity index (χ3n) is 5.13. The van der Waals surface area contributed by atoms with Crippen LogP contribution in [0.2, 0.25) is 0 Å². The van der Waals surface area contributed by atoms with Gasteiger partial charge in [0.05, 0.1) is 17.9 Å². The van der Waals surface area contributed by atoms with Crippen molar-refractivity contribution in [3.63, 3.8) is 0 Å². The minimum Gasteiger partial charge on any atom is -0.310 e. The Balaban J connectivity index is 1.45. The first-order valence-corrected chi connectivity index (χ1v) is 10.6. The second-order valence-corrected chi connectivity index (χ2v) is 8.21. The van der Waals surface area contributed by atoms with E-state index in [-0.39, 0.29) is 29.7 Å². The highest BCUT2D eigenvalue weighted by molar-refractivity contribution is 7.99. The standard InChI is InChI=1S/C21H17FN6O2S/c1-12-3-2-8-23-18(12)25-17(29)9-15-11-31-21-26-19-16(20(30)27(15)21)10-24-28(19)14-6-4-13(22)5-7-14/h2-8,10,15H,9,11H2,1H3,(H,23,25,29)/t15-/m0/s1. The molecule has 1 aromatic carbocycles. The number of hydrogen-bond acceptors (Lipinski definition) is 6. The van der Waals surface area contributed by atoms with Crippen LogP contribution in [0.25, 0.3) is 16.7 Å². The Labute approximate surface area is 180 Å². The second kappa shape index (κ2) is 7.62. The summed E-state index contributed by atoms with van der Waals surface area (Å²) in [6.07, 6.45) is 3.21. The van der Waals surface area contributed by atoms with Crippen molar-refractivity contribution in [3.05, 3.63) is 70.5 Å². The van der Waals surface area contributed by atoms with E-state index in [2.05, 4.69) is 20.4 Å². The highest BCUT2D eigenvalue weighted by Crippen LogP contribution is 2.33. The van der Waals surface area contributed by atoms with Gasteiger partial charge >= 0.3 is 0 Å². The summed E-state index contributed by atoms with van der Waals surface area (Å²) < 4.78 is 16.3. The molecule has 0 saturated carbocycles. The summed E-state index contributed by atoms with van der Waals surface area (Å²) in [5.74, 6) is 0.508. The molecule has 0 unspecified atom stereocenters. The quantitative estimate of drug-likeness (QED) is 0.494. The topological polar surface area (TPSA) is 94.7 Å². The molecule has 0 saturated heterocycles. The fourth-order valence-electron chi connectivity index (χ4n) is 3.57. The first-order chi connectivity index (χ1) is 15.0. The molecule has 5 rings (SSSR count). The van der Waals surface area contributed by atoms with E-state index in [0.29, 0.717) is 33.4 Å². The molecule has 1 aliphatic rings. The number of carbonyl (C=O) groups excluding carboxylic acids is 1. The van der Waals surface area contributed by atoms with Crippen LogP contribution < -0.4 is 10.9 Å². The van der Waals surface area contributed by atoms with Crippen molar-refractivity contribution in [2.75, 3.05) is 11.1 Å². The van der Waals surface area contributed by atoms with Crippen molar-refractivity contribution >= 4 is 34.5 Å². The van der Waals surface area contributed by atoms with Crippen LogP contribution in [0, 0.1) is 12.7 Å². The summed E-state index contributed by atoms with van der Waals surface area (Å²) in [6, 6.07) is 9.17. The molecule has 156 valence electrons. The van der Waals surface area contributed by atoms with E-state index >= 15 is 0 Å². The molecule has 0 fully saturated rings. The first-order valence-electron chi connectivity index (χ1n) is 9.62. The molecule has 0 spiro atoms. The Morgan fingerprint density at radius 2 is 2.10 bits per heavy atom. The van der Waals surface area contributed by atoms with Crippen LogP contribution >= 0.6 is 11.8 Å². The molecule has 4 heterocycles. The average molecular weight is 436 g/mol. The molecule has 3 aromatic heterocycles. The molecule has 10 heteroatoms. The number of halogens is 1. The minimum atomic E-state index is -0.355. The Morgan fingerprint density at radius 3 is 2.87 bits per heavy atom. The molecular weight excluding hydrogens is 419 g/mol. The maximum atomic E-state index is 13.3. The van der Waals surface area contributed by atoms with Crippen molar-refractivity contribution in [2.24, 2.45) is 0 Å². The van der Waals surface area contributed by atoms with Gasteiger partial charge in [-0.3, -0.25) is 14.2 Å². The van der Waals surface area contributed by atoms with E-state index < -0.39 is 0 Å². The van der Waals surface area contributed by atoms with E-state index in [1.54, 1.807) is 29.0 Å². The normalized spacial score (nSPS) is 15.2. The predicted molar refractivity (Wildman–Crippen MR) is 115 cm³/mol. The van der Waals surface area contributed by atoms with Crippen LogP contribution in [-0.2, 0) is 4.79 Å². The zero-order chi connectivity index (χ0) is 21.5. The van der Waals surface area contributed by atoms with Gasteiger partial charge in [0.2, 0.25) is 5.91 Å². The Morgan fingerprint density at radius 1 is 1.29 bits per heavy atom. The van der Waals surface area contributed by atoms with Crippen LogP contribution in [0.3, 0.4) is 0 Å². The van der Waals surface area contributed by atoms with Gasteiger partial charge in [0, 0.05) is 18.4 Å². The van der Waals surface area contributed by atoms with E-state index in [1.165, 1.54) is 34.8 Å². The molecule has 31 heavy (non-hydrogen) atoms. The fraction of sp³-hybridized carbons (Fsp3) is 0.190. The molecule has 0 radical (unpaired) electrons. The van der Waals surface area contributed by atoms with Crippen molar-refractivity contribution < 1.29 is 9.18 Å². The van der Waals surface area contributed by atoms with Crippen LogP contribution in [0.5, 0.6) is 0 Å². The van der Waals surface area contributed by atoms with Crippen LogP contribution in [0.4, 0.5) is 10.2 Å². The zero-order valence-corrected chi connectivity index (χ0v) is 17.3. The number of nitrogens with zero attached hydrogens (tertiary/aromatic N) is 5. The van der Waals surface area contributed by atoms with Crippen molar-refractivity contribution in [3.8, 4) is 5.69 Å². The summed E-state index contributed by atoms with van der Waals surface area (Å²) in [7, 11) is 0. The van der Waals surface area contributed by atoms with Gasteiger partial charge < -0.3 is 5.32 Å². The van der Waals surface area contributed by atoms with E-state index in [9.17, 15) is 14.0 Å². The van der Waals surface area contributed by atoms with Gasteiger partial charge in [-0.1, -0.05) is 17.8 Å². The Hall–Kier alpha value is -3.53. The van der Waals surface area contributed by atoms with Crippen LogP contribution in [-0.4, -0.2) is 36.0 Å². The number of amides is 1.